The van der Waals surface area contributed by atoms with E-state index in [-0.39, 0.29) is 11.4 Å². The Labute approximate surface area is 116 Å². The number of benzene rings is 1. The fourth-order valence-electron chi connectivity index (χ4n) is 1.53. The molecule has 20 heavy (non-hydrogen) atoms. The SMILES string of the molecule is CCOC(=O)/C=C(\C)Nc1ccc([N+](=O)[O-])c(OC)c1. The highest BCUT2D eigenvalue weighted by Crippen LogP contribution is 2.30. The molecule has 0 spiro atoms. The molecule has 0 bridgehead atoms. The topological polar surface area (TPSA) is 90.7 Å². The Balaban J connectivity index is 2.88. The van der Waals surface area contributed by atoms with E-state index in [0.29, 0.717) is 18.0 Å². The van der Waals surface area contributed by atoms with Crippen LogP contribution in [-0.2, 0) is 9.53 Å². The Morgan fingerprint density at radius 3 is 2.75 bits per heavy atom. The van der Waals surface area contributed by atoms with Gasteiger partial charge < -0.3 is 14.8 Å². The molecule has 0 saturated carbocycles. The van der Waals surface area contributed by atoms with Crippen molar-refractivity contribution in [2.24, 2.45) is 0 Å². The van der Waals surface area contributed by atoms with Crippen molar-refractivity contribution in [1.29, 1.82) is 0 Å². The monoisotopic (exact) mass is 280 g/mol. The zero-order valence-electron chi connectivity index (χ0n) is 11.5. The van der Waals surface area contributed by atoms with Gasteiger partial charge in [0.05, 0.1) is 18.6 Å². The van der Waals surface area contributed by atoms with Gasteiger partial charge in [0.15, 0.2) is 5.75 Å². The van der Waals surface area contributed by atoms with E-state index >= 15 is 0 Å². The molecule has 0 aliphatic rings. The molecule has 7 nitrogen and oxygen atoms in total. The minimum absolute atomic E-state index is 0.120. The molecule has 0 saturated heterocycles. The van der Waals surface area contributed by atoms with Crippen molar-refractivity contribution in [3.8, 4) is 5.75 Å². The standard InChI is InChI=1S/C13H16N2O5/c1-4-20-13(16)7-9(2)14-10-5-6-11(15(17)18)12(8-10)19-3/h5-8,14H,4H2,1-3H3/b9-7+. The molecule has 0 aliphatic carbocycles. The number of esters is 1. The number of nitro groups is 1. The van der Waals surface area contributed by atoms with Gasteiger partial charge in [0.1, 0.15) is 0 Å². The number of hydrogen-bond acceptors (Lipinski definition) is 6. The third-order valence-electron chi connectivity index (χ3n) is 2.34. The third-order valence-corrected chi connectivity index (χ3v) is 2.34. The number of rotatable bonds is 6. The number of allylic oxidation sites excluding steroid dienone is 1. The average molecular weight is 280 g/mol. The number of ether oxygens (including phenoxy) is 2. The van der Waals surface area contributed by atoms with Gasteiger partial charge in [-0.2, -0.15) is 0 Å². The molecule has 0 atom stereocenters. The van der Waals surface area contributed by atoms with Crippen LogP contribution in [0.25, 0.3) is 0 Å². The summed E-state index contributed by atoms with van der Waals surface area (Å²) in [5.74, 6) is -0.310. The van der Waals surface area contributed by atoms with Gasteiger partial charge >= 0.3 is 11.7 Å². The number of nitro benzene ring substituents is 1. The molecule has 1 rings (SSSR count). The molecular formula is C13H16N2O5. The number of hydrogen-bond donors (Lipinski definition) is 1. The zero-order valence-corrected chi connectivity index (χ0v) is 11.5. The van der Waals surface area contributed by atoms with Crippen LogP contribution in [-0.4, -0.2) is 24.6 Å². The van der Waals surface area contributed by atoms with Gasteiger partial charge in [-0.25, -0.2) is 4.79 Å². The molecule has 0 aromatic heterocycles. The van der Waals surface area contributed by atoms with E-state index in [0.717, 1.165) is 0 Å². The third kappa shape index (κ3) is 4.27. The second-order valence-corrected chi connectivity index (χ2v) is 3.85. The number of nitrogens with zero attached hydrogens (tertiary/aromatic N) is 1. The summed E-state index contributed by atoms with van der Waals surface area (Å²) in [7, 11) is 1.35. The van der Waals surface area contributed by atoms with E-state index in [1.165, 1.54) is 31.4 Å². The summed E-state index contributed by atoms with van der Waals surface area (Å²) in [6, 6.07) is 4.35. The van der Waals surface area contributed by atoms with Crippen molar-refractivity contribution in [3.05, 3.63) is 40.1 Å². The highest BCUT2D eigenvalue weighted by Gasteiger charge is 2.14. The fourth-order valence-corrected chi connectivity index (χ4v) is 1.53. The van der Waals surface area contributed by atoms with Crippen molar-refractivity contribution in [2.45, 2.75) is 13.8 Å². The van der Waals surface area contributed by atoms with Crippen LogP contribution in [0.4, 0.5) is 11.4 Å². The predicted octanol–water partition coefficient (Wildman–Crippen LogP) is 2.48. The van der Waals surface area contributed by atoms with Crippen molar-refractivity contribution >= 4 is 17.3 Å². The first-order valence-corrected chi connectivity index (χ1v) is 5.92. The van der Waals surface area contributed by atoms with Gasteiger partial charge in [-0.3, -0.25) is 10.1 Å². The van der Waals surface area contributed by atoms with Crippen LogP contribution in [0.1, 0.15) is 13.8 Å². The van der Waals surface area contributed by atoms with Gasteiger partial charge in [-0.05, 0) is 19.9 Å². The molecule has 108 valence electrons. The van der Waals surface area contributed by atoms with Crippen LogP contribution < -0.4 is 10.1 Å². The van der Waals surface area contributed by atoms with Gasteiger partial charge in [-0.15, -0.1) is 0 Å². The molecule has 0 heterocycles. The molecule has 0 fully saturated rings. The Kier molecular flexibility index (Phi) is 5.52. The Hall–Kier alpha value is -2.57. The number of carbonyl (C=O) groups is 1. The Morgan fingerprint density at radius 2 is 2.20 bits per heavy atom. The Morgan fingerprint density at radius 1 is 1.50 bits per heavy atom. The van der Waals surface area contributed by atoms with Gasteiger partial charge in [0.25, 0.3) is 0 Å². The summed E-state index contributed by atoms with van der Waals surface area (Å²) in [4.78, 5) is 21.5. The van der Waals surface area contributed by atoms with Crippen molar-refractivity contribution in [1.82, 2.24) is 0 Å². The van der Waals surface area contributed by atoms with Crippen LogP contribution in [0.5, 0.6) is 5.75 Å². The van der Waals surface area contributed by atoms with Crippen LogP contribution in [0.3, 0.4) is 0 Å². The molecular weight excluding hydrogens is 264 g/mol. The molecule has 0 amide bonds. The van der Waals surface area contributed by atoms with Crippen molar-refractivity contribution < 1.29 is 19.2 Å². The lowest BCUT2D eigenvalue weighted by molar-refractivity contribution is -0.385. The summed E-state index contributed by atoms with van der Waals surface area (Å²) in [6.07, 6.45) is 1.30. The second kappa shape index (κ2) is 7.13. The lowest BCUT2D eigenvalue weighted by Crippen LogP contribution is -2.04. The molecule has 0 radical (unpaired) electrons. The summed E-state index contributed by atoms with van der Waals surface area (Å²) in [5, 5.41) is 13.7. The Bertz CT molecular complexity index is 540. The van der Waals surface area contributed by atoms with Crippen LogP contribution in [0.2, 0.25) is 0 Å². The molecule has 7 heteroatoms. The first kappa shape index (κ1) is 15.5. The lowest BCUT2D eigenvalue weighted by atomic mass is 10.2. The highest BCUT2D eigenvalue weighted by molar-refractivity contribution is 5.83. The minimum atomic E-state index is -0.524. The summed E-state index contributed by atoms with van der Waals surface area (Å²) in [6.45, 7) is 3.70. The van der Waals surface area contributed by atoms with Crippen molar-refractivity contribution in [2.75, 3.05) is 19.0 Å². The number of methoxy groups -OCH3 is 1. The van der Waals surface area contributed by atoms with Crippen LogP contribution in [0.15, 0.2) is 30.0 Å². The lowest BCUT2D eigenvalue weighted by Gasteiger charge is -2.08. The first-order valence-electron chi connectivity index (χ1n) is 5.92. The maximum atomic E-state index is 11.3. The van der Waals surface area contributed by atoms with Crippen molar-refractivity contribution in [3.63, 3.8) is 0 Å². The minimum Gasteiger partial charge on any atom is -0.490 e. The summed E-state index contributed by atoms with van der Waals surface area (Å²) >= 11 is 0. The predicted molar refractivity (Wildman–Crippen MR) is 73.7 cm³/mol. The number of nitrogens with one attached hydrogen (secondary N) is 1. The highest BCUT2D eigenvalue weighted by atomic mass is 16.6. The van der Waals surface area contributed by atoms with Gasteiger partial charge in [-0.1, -0.05) is 0 Å². The molecule has 1 aromatic carbocycles. The fraction of sp³-hybridized carbons (Fsp3) is 0.308. The van der Waals surface area contributed by atoms with E-state index < -0.39 is 10.9 Å². The average Bonchev–Trinajstić information content (AvgIpc) is 2.38. The van der Waals surface area contributed by atoms with E-state index in [9.17, 15) is 14.9 Å². The molecule has 1 N–H and O–H groups in total. The van der Waals surface area contributed by atoms with E-state index in [1.807, 2.05) is 0 Å². The maximum Gasteiger partial charge on any atom is 0.332 e. The second-order valence-electron chi connectivity index (χ2n) is 3.85. The zero-order chi connectivity index (χ0) is 15.1. The molecule has 1 aromatic rings. The summed E-state index contributed by atoms with van der Waals surface area (Å²) in [5.41, 5.74) is 1.01. The maximum absolute atomic E-state index is 11.3. The molecule has 0 unspecified atom stereocenters. The smallest absolute Gasteiger partial charge is 0.332 e. The number of carbonyl (C=O) groups excluding carboxylic acids is 1. The van der Waals surface area contributed by atoms with Crippen LogP contribution in [0, 0.1) is 10.1 Å². The van der Waals surface area contributed by atoms with Crippen LogP contribution >= 0.6 is 0 Å². The molecule has 0 aliphatic heterocycles. The normalized spacial score (nSPS) is 10.8. The van der Waals surface area contributed by atoms with Gasteiger partial charge in [0, 0.05) is 29.6 Å². The summed E-state index contributed by atoms with van der Waals surface area (Å²) < 4.78 is 9.73. The van der Waals surface area contributed by atoms with E-state index in [4.69, 9.17) is 9.47 Å². The number of anilines is 1. The van der Waals surface area contributed by atoms with E-state index in [1.54, 1.807) is 13.8 Å². The largest absolute Gasteiger partial charge is 0.490 e. The van der Waals surface area contributed by atoms with Gasteiger partial charge in [0.2, 0.25) is 0 Å². The quantitative estimate of drug-likeness (QED) is 0.372. The first-order chi connectivity index (χ1) is 9.47. The van der Waals surface area contributed by atoms with E-state index in [2.05, 4.69) is 5.32 Å².